The summed E-state index contributed by atoms with van der Waals surface area (Å²) in [7, 11) is 1.53. The van der Waals surface area contributed by atoms with Gasteiger partial charge in [0.25, 0.3) is 5.56 Å². The number of rotatable bonds is 6. The van der Waals surface area contributed by atoms with E-state index >= 15 is 0 Å². The number of nitrogens with zero attached hydrogens (tertiary/aromatic N) is 2. The van der Waals surface area contributed by atoms with Gasteiger partial charge in [-0.15, -0.1) is 13.2 Å². The van der Waals surface area contributed by atoms with Crippen molar-refractivity contribution < 1.29 is 17.9 Å². The van der Waals surface area contributed by atoms with E-state index in [0.29, 0.717) is 0 Å². The number of aromatic nitrogens is 2. The number of aliphatic imine (C=N–C) groups is 1. The van der Waals surface area contributed by atoms with Crippen LogP contribution in [0.3, 0.4) is 0 Å². The molecular formula is C22H21F3N4O2. The van der Waals surface area contributed by atoms with Crippen LogP contribution in [0.1, 0.15) is 28.1 Å². The molecule has 0 bridgehead atoms. The van der Waals surface area contributed by atoms with Crippen LogP contribution in [0.25, 0.3) is 0 Å². The number of anilines is 2. The second-order valence-electron chi connectivity index (χ2n) is 6.87. The van der Waals surface area contributed by atoms with Crippen LogP contribution in [0.15, 0.2) is 52.3 Å². The van der Waals surface area contributed by atoms with Gasteiger partial charge in [-0.2, -0.15) is 0 Å². The maximum Gasteiger partial charge on any atom is 0.573 e. The average molecular weight is 430 g/mol. The molecular weight excluding hydrogens is 409 g/mol. The molecule has 9 heteroatoms. The molecule has 0 saturated carbocycles. The van der Waals surface area contributed by atoms with E-state index in [2.05, 4.69) is 25.0 Å². The van der Waals surface area contributed by atoms with Crippen molar-refractivity contribution in [3.05, 3.63) is 80.9 Å². The molecule has 0 aliphatic rings. The van der Waals surface area contributed by atoms with Crippen LogP contribution < -0.4 is 15.6 Å². The number of nitrogens with one attached hydrogen (secondary N) is 2. The standard InChI is InChI=1S/C22H21F3N4O2/c1-13-7-6-9-17(14(13)2)27-20-16(12-26-3)21(30)29-19(28-20)11-15-8-4-5-10-18(15)31-22(23,24)25/h4-10,12H,11H2,1-3H3,(H2,27,28,29,30). The van der Waals surface area contributed by atoms with Gasteiger partial charge in [0.2, 0.25) is 0 Å². The molecule has 0 aliphatic heterocycles. The van der Waals surface area contributed by atoms with Crippen LogP contribution in [0.4, 0.5) is 24.7 Å². The van der Waals surface area contributed by atoms with Crippen molar-refractivity contribution in [1.29, 1.82) is 0 Å². The topological polar surface area (TPSA) is 79.4 Å². The Balaban J connectivity index is 2.02. The minimum absolute atomic E-state index is 0.0630. The lowest BCUT2D eigenvalue weighted by Crippen LogP contribution is -2.21. The molecule has 0 amide bonds. The van der Waals surface area contributed by atoms with Crippen LogP contribution in [-0.4, -0.2) is 29.6 Å². The lowest BCUT2D eigenvalue weighted by Gasteiger charge is -2.15. The van der Waals surface area contributed by atoms with E-state index in [0.717, 1.165) is 16.8 Å². The number of hydrogen-bond acceptors (Lipinski definition) is 5. The number of para-hydroxylation sites is 1. The van der Waals surface area contributed by atoms with Gasteiger partial charge in [0.1, 0.15) is 23.0 Å². The predicted molar refractivity (Wildman–Crippen MR) is 114 cm³/mol. The van der Waals surface area contributed by atoms with Crippen LogP contribution in [0, 0.1) is 13.8 Å². The van der Waals surface area contributed by atoms with Gasteiger partial charge in [0, 0.05) is 30.9 Å². The number of halogens is 3. The molecule has 2 N–H and O–H groups in total. The third-order valence-corrected chi connectivity index (χ3v) is 4.68. The molecule has 1 heterocycles. The van der Waals surface area contributed by atoms with Gasteiger partial charge >= 0.3 is 6.36 Å². The number of aromatic amines is 1. The minimum Gasteiger partial charge on any atom is -0.405 e. The van der Waals surface area contributed by atoms with E-state index in [4.69, 9.17) is 0 Å². The van der Waals surface area contributed by atoms with Gasteiger partial charge in [-0.25, -0.2) is 4.98 Å². The van der Waals surface area contributed by atoms with Gasteiger partial charge in [0.15, 0.2) is 0 Å². The fraction of sp³-hybridized carbons (Fsp3) is 0.227. The lowest BCUT2D eigenvalue weighted by molar-refractivity contribution is -0.274. The van der Waals surface area contributed by atoms with E-state index < -0.39 is 11.9 Å². The van der Waals surface area contributed by atoms with Crippen molar-refractivity contribution in [2.75, 3.05) is 12.4 Å². The molecule has 0 radical (unpaired) electrons. The smallest absolute Gasteiger partial charge is 0.405 e. The number of H-pyrrole nitrogens is 1. The highest BCUT2D eigenvalue weighted by Crippen LogP contribution is 2.28. The normalized spacial score (nSPS) is 11.7. The first-order valence-corrected chi connectivity index (χ1v) is 9.40. The summed E-state index contributed by atoms with van der Waals surface area (Å²) in [5.41, 5.74) is 2.78. The highest BCUT2D eigenvalue weighted by Gasteiger charge is 2.32. The Morgan fingerprint density at radius 2 is 1.90 bits per heavy atom. The van der Waals surface area contributed by atoms with Crippen LogP contribution >= 0.6 is 0 Å². The summed E-state index contributed by atoms with van der Waals surface area (Å²) < 4.78 is 42.3. The average Bonchev–Trinajstić information content (AvgIpc) is 2.68. The summed E-state index contributed by atoms with van der Waals surface area (Å²) in [6.45, 7) is 3.90. The maximum absolute atomic E-state index is 12.7. The second-order valence-corrected chi connectivity index (χ2v) is 6.87. The molecule has 3 aromatic rings. The van der Waals surface area contributed by atoms with E-state index in [1.54, 1.807) is 6.07 Å². The summed E-state index contributed by atoms with van der Waals surface area (Å²) in [5, 5.41) is 3.15. The quantitative estimate of drug-likeness (QED) is 0.557. The molecule has 0 aliphatic carbocycles. The fourth-order valence-corrected chi connectivity index (χ4v) is 3.03. The van der Waals surface area contributed by atoms with Crippen LogP contribution in [0.5, 0.6) is 5.75 Å². The Kier molecular flexibility index (Phi) is 6.43. The molecule has 0 unspecified atom stereocenters. The van der Waals surface area contributed by atoms with Gasteiger partial charge in [-0.05, 0) is 37.1 Å². The molecule has 2 aromatic carbocycles. The summed E-state index contributed by atoms with van der Waals surface area (Å²) in [5.74, 6) is 0.0949. The lowest BCUT2D eigenvalue weighted by atomic mass is 10.1. The Bertz CT molecular complexity index is 1170. The first kappa shape index (κ1) is 22.1. The molecule has 0 spiro atoms. The molecule has 31 heavy (non-hydrogen) atoms. The molecule has 162 valence electrons. The van der Waals surface area contributed by atoms with E-state index in [1.807, 2.05) is 32.0 Å². The molecule has 0 atom stereocenters. The number of benzene rings is 2. The Morgan fingerprint density at radius 1 is 1.16 bits per heavy atom. The first-order valence-electron chi connectivity index (χ1n) is 9.40. The molecule has 0 fully saturated rings. The van der Waals surface area contributed by atoms with E-state index in [1.165, 1.54) is 31.5 Å². The van der Waals surface area contributed by atoms with Crippen molar-refractivity contribution in [1.82, 2.24) is 9.97 Å². The molecule has 0 saturated heterocycles. The Hall–Kier alpha value is -3.62. The van der Waals surface area contributed by atoms with Gasteiger partial charge in [0.05, 0.1) is 0 Å². The SMILES string of the molecule is CN=Cc1c(Nc2cccc(C)c2C)nc(Cc2ccccc2OC(F)(F)F)[nH]c1=O. The zero-order valence-corrected chi connectivity index (χ0v) is 17.2. The Labute approximate surface area is 176 Å². The number of ether oxygens (including phenoxy) is 1. The third-order valence-electron chi connectivity index (χ3n) is 4.68. The largest absolute Gasteiger partial charge is 0.573 e. The maximum atomic E-state index is 12.7. The first-order chi connectivity index (χ1) is 14.7. The van der Waals surface area contributed by atoms with Gasteiger partial charge in [-0.3, -0.25) is 9.79 Å². The van der Waals surface area contributed by atoms with Crippen molar-refractivity contribution in [3.8, 4) is 5.75 Å². The third kappa shape index (κ3) is 5.50. The monoisotopic (exact) mass is 430 g/mol. The second kappa shape index (κ2) is 9.03. The summed E-state index contributed by atoms with van der Waals surface area (Å²) in [4.78, 5) is 23.6. The summed E-state index contributed by atoms with van der Waals surface area (Å²) in [6, 6.07) is 11.4. The van der Waals surface area contributed by atoms with Crippen LogP contribution in [-0.2, 0) is 6.42 Å². The summed E-state index contributed by atoms with van der Waals surface area (Å²) >= 11 is 0. The van der Waals surface area contributed by atoms with E-state index in [9.17, 15) is 18.0 Å². The zero-order chi connectivity index (χ0) is 22.6. The zero-order valence-electron chi connectivity index (χ0n) is 17.2. The number of alkyl halides is 3. The van der Waals surface area contributed by atoms with Crippen molar-refractivity contribution in [2.45, 2.75) is 26.6 Å². The highest BCUT2D eigenvalue weighted by atomic mass is 19.4. The molecule has 1 aromatic heterocycles. The summed E-state index contributed by atoms with van der Waals surface area (Å²) in [6.07, 6.45) is -3.51. The Morgan fingerprint density at radius 3 is 2.61 bits per heavy atom. The molecule has 3 rings (SSSR count). The molecule has 6 nitrogen and oxygen atoms in total. The number of aryl methyl sites for hydroxylation is 1. The van der Waals surface area contributed by atoms with Crippen molar-refractivity contribution in [2.24, 2.45) is 4.99 Å². The fourth-order valence-electron chi connectivity index (χ4n) is 3.03. The van der Waals surface area contributed by atoms with E-state index in [-0.39, 0.29) is 34.9 Å². The van der Waals surface area contributed by atoms with Gasteiger partial charge < -0.3 is 15.0 Å². The van der Waals surface area contributed by atoms with Gasteiger partial charge in [-0.1, -0.05) is 30.3 Å². The van der Waals surface area contributed by atoms with Crippen LogP contribution in [0.2, 0.25) is 0 Å². The minimum atomic E-state index is -4.83. The highest BCUT2D eigenvalue weighted by molar-refractivity contribution is 5.87. The predicted octanol–water partition coefficient (Wildman–Crippen LogP) is 4.67. The van der Waals surface area contributed by atoms with Crippen molar-refractivity contribution in [3.63, 3.8) is 0 Å². The van der Waals surface area contributed by atoms with Crippen molar-refractivity contribution >= 4 is 17.7 Å². The number of hydrogen-bond donors (Lipinski definition) is 2.